The molecule has 1 aliphatic rings. The van der Waals surface area contributed by atoms with Crippen molar-refractivity contribution in [3.8, 4) is 5.75 Å². The van der Waals surface area contributed by atoms with Gasteiger partial charge in [-0.15, -0.1) is 0 Å². The van der Waals surface area contributed by atoms with Crippen LogP contribution in [0.5, 0.6) is 5.75 Å². The van der Waals surface area contributed by atoms with Gasteiger partial charge in [0.1, 0.15) is 23.8 Å². The van der Waals surface area contributed by atoms with E-state index in [0.717, 1.165) is 17.5 Å². The van der Waals surface area contributed by atoms with E-state index in [1.165, 1.54) is 12.1 Å². The van der Waals surface area contributed by atoms with Gasteiger partial charge >= 0.3 is 0 Å². The molecule has 0 spiro atoms. The summed E-state index contributed by atoms with van der Waals surface area (Å²) in [7, 11) is 0. The molecule has 0 aromatic heterocycles. The largest absolute Gasteiger partial charge is 0.489 e. The van der Waals surface area contributed by atoms with Crippen molar-refractivity contribution in [3.63, 3.8) is 0 Å². The molecule has 23 heavy (non-hydrogen) atoms. The van der Waals surface area contributed by atoms with E-state index in [0.29, 0.717) is 18.8 Å². The van der Waals surface area contributed by atoms with E-state index in [1.54, 1.807) is 6.07 Å². The van der Waals surface area contributed by atoms with Crippen molar-refractivity contribution in [1.29, 1.82) is 0 Å². The minimum Gasteiger partial charge on any atom is -0.489 e. The molecule has 2 aromatic rings. The van der Waals surface area contributed by atoms with E-state index in [-0.39, 0.29) is 18.5 Å². The molecule has 1 saturated heterocycles. The predicted molar refractivity (Wildman–Crippen MR) is 85.9 cm³/mol. The van der Waals surface area contributed by atoms with Crippen LogP contribution in [0.25, 0.3) is 0 Å². The minimum atomic E-state index is -0.432. The molecule has 1 N–H and O–H groups in total. The van der Waals surface area contributed by atoms with E-state index in [4.69, 9.17) is 9.47 Å². The summed E-state index contributed by atoms with van der Waals surface area (Å²) in [4.78, 5) is 0. The molecular formula is C19H21FO3. The molecule has 1 unspecified atom stereocenters. The number of halogens is 1. The molecule has 0 bridgehead atoms. The Morgan fingerprint density at radius 3 is 2.70 bits per heavy atom. The maximum atomic E-state index is 13.5. The molecule has 122 valence electrons. The third kappa shape index (κ3) is 3.89. The first-order valence-electron chi connectivity index (χ1n) is 7.84. The molecule has 0 saturated carbocycles. The fourth-order valence-electron chi connectivity index (χ4n) is 2.70. The van der Waals surface area contributed by atoms with E-state index in [2.05, 4.69) is 0 Å². The van der Waals surface area contributed by atoms with Crippen molar-refractivity contribution in [2.75, 3.05) is 6.61 Å². The van der Waals surface area contributed by atoms with E-state index in [9.17, 15) is 9.50 Å². The summed E-state index contributed by atoms with van der Waals surface area (Å²) in [5.41, 5.74) is 1.47. The van der Waals surface area contributed by atoms with Crippen molar-refractivity contribution in [2.24, 2.45) is 0 Å². The summed E-state index contributed by atoms with van der Waals surface area (Å²) < 4.78 is 24.9. The van der Waals surface area contributed by atoms with Crippen LogP contribution >= 0.6 is 0 Å². The van der Waals surface area contributed by atoms with Crippen molar-refractivity contribution in [3.05, 3.63) is 65.5 Å². The molecule has 0 radical (unpaired) electrons. The lowest BCUT2D eigenvalue weighted by molar-refractivity contribution is 0.184. The lowest BCUT2D eigenvalue weighted by atomic mass is 10.0. The molecule has 4 heteroatoms. The summed E-state index contributed by atoms with van der Waals surface area (Å²) in [6, 6.07) is 14.5. The number of benzene rings is 2. The second kappa shape index (κ2) is 6.69. The fraction of sp³-hybridized carbons (Fsp3) is 0.368. The van der Waals surface area contributed by atoms with E-state index < -0.39 is 5.60 Å². The average molecular weight is 316 g/mol. The number of hydrogen-bond donors (Lipinski definition) is 1. The van der Waals surface area contributed by atoms with E-state index >= 15 is 0 Å². The van der Waals surface area contributed by atoms with Gasteiger partial charge in [0.25, 0.3) is 0 Å². The van der Waals surface area contributed by atoms with Gasteiger partial charge in [-0.1, -0.05) is 30.3 Å². The summed E-state index contributed by atoms with van der Waals surface area (Å²) in [6.45, 7) is 2.35. The SMILES string of the molecule is CC1(CO)O[C@H]1CCc1cc(F)ccc1OCc1ccccc1. The van der Waals surface area contributed by atoms with Crippen LogP contribution in [-0.2, 0) is 17.8 Å². The first-order valence-corrected chi connectivity index (χ1v) is 7.84. The Balaban J connectivity index is 1.63. The summed E-state index contributed by atoms with van der Waals surface area (Å²) >= 11 is 0. The number of aliphatic hydroxyl groups is 1. The standard InChI is InChI=1S/C19H21FO3/c1-19(13-21)18(23-19)10-7-15-11-16(20)8-9-17(15)22-12-14-5-3-2-4-6-14/h2-6,8-9,11,18,21H,7,10,12-13H2,1H3/t18-,19?/m0/s1. The van der Waals surface area contributed by atoms with Gasteiger partial charge in [-0.25, -0.2) is 4.39 Å². The first-order chi connectivity index (χ1) is 11.1. The highest BCUT2D eigenvalue weighted by Crippen LogP contribution is 2.39. The molecule has 2 aromatic carbocycles. The van der Waals surface area contributed by atoms with Gasteiger partial charge in [0.2, 0.25) is 0 Å². The summed E-state index contributed by atoms with van der Waals surface area (Å²) in [6.07, 6.45) is 1.42. The number of ether oxygens (including phenoxy) is 2. The molecule has 1 heterocycles. The molecule has 3 rings (SSSR count). The Hall–Kier alpha value is -1.91. The maximum Gasteiger partial charge on any atom is 0.123 e. The van der Waals surface area contributed by atoms with Crippen LogP contribution in [0.1, 0.15) is 24.5 Å². The van der Waals surface area contributed by atoms with E-state index in [1.807, 2.05) is 37.3 Å². The summed E-state index contributed by atoms with van der Waals surface area (Å²) in [5.74, 6) is 0.426. The third-order valence-corrected chi connectivity index (χ3v) is 4.28. The van der Waals surface area contributed by atoms with Gasteiger partial charge in [-0.2, -0.15) is 0 Å². The number of epoxide rings is 1. The third-order valence-electron chi connectivity index (χ3n) is 4.28. The number of hydrogen-bond acceptors (Lipinski definition) is 3. The van der Waals surface area contributed by atoms with Crippen molar-refractivity contribution in [2.45, 2.75) is 38.1 Å². The van der Waals surface area contributed by atoms with Gasteiger partial charge in [0, 0.05) is 0 Å². The van der Waals surface area contributed by atoms with Gasteiger partial charge in [-0.05, 0) is 49.1 Å². The van der Waals surface area contributed by atoms with Crippen molar-refractivity contribution >= 4 is 0 Å². The zero-order valence-electron chi connectivity index (χ0n) is 13.2. The van der Waals surface area contributed by atoms with Gasteiger partial charge in [0.15, 0.2) is 0 Å². The number of aliphatic hydroxyl groups excluding tert-OH is 1. The fourth-order valence-corrected chi connectivity index (χ4v) is 2.70. The van der Waals surface area contributed by atoms with Gasteiger partial charge in [-0.3, -0.25) is 0 Å². The van der Waals surface area contributed by atoms with Crippen LogP contribution in [0.15, 0.2) is 48.5 Å². The highest BCUT2D eigenvalue weighted by atomic mass is 19.1. The molecule has 3 nitrogen and oxygen atoms in total. The maximum absolute atomic E-state index is 13.5. The van der Waals surface area contributed by atoms with Crippen LogP contribution in [0.2, 0.25) is 0 Å². The second-order valence-corrected chi connectivity index (χ2v) is 6.14. The van der Waals surface area contributed by atoms with Crippen LogP contribution < -0.4 is 4.74 Å². The normalized spacial score (nSPS) is 22.8. The molecule has 1 aliphatic heterocycles. The van der Waals surface area contributed by atoms with Crippen LogP contribution in [0.4, 0.5) is 4.39 Å². The zero-order chi connectivity index (χ0) is 16.3. The first kappa shape index (κ1) is 16.0. The molecule has 2 atom stereocenters. The molecule has 0 amide bonds. The highest BCUT2D eigenvalue weighted by molar-refractivity contribution is 5.34. The van der Waals surface area contributed by atoms with Crippen LogP contribution in [0.3, 0.4) is 0 Å². The Morgan fingerprint density at radius 2 is 2.00 bits per heavy atom. The summed E-state index contributed by atoms with van der Waals surface area (Å²) in [5, 5.41) is 9.23. The number of rotatable bonds is 7. The zero-order valence-corrected chi connectivity index (χ0v) is 13.2. The second-order valence-electron chi connectivity index (χ2n) is 6.14. The molecule has 0 aliphatic carbocycles. The van der Waals surface area contributed by atoms with Gasteiger partial charge in [0.05, 0.1) is 12.7 Å². The Bertz CT molecular complexity index is 659. The predicted octanol–water partition coefficient (Wildman–Crippen LogP) is 3.49. The average Bonchev–Trinajstić information content (AvgIpc) is 3.24. The monoisotopic (exact) mass is 316 g/mol. The van der Waals surface area contributed by atoms with Crippen LogP contribution in [-0.4, -0.2) is 23.4 Å². The van der Waals surface area contributed by atoms with Crippen LogP contribution in [0, 0.1) is 5.82 Å². The van der Waals surface area contributed by atoms with Gasteiger partial charge < -0.3 is 14.6 Å². The molecule has 1 fully saturated rings. The Labute approximate surface area is 135 Å². The van der Waals surface area contributed by atoms with Crippen molar-refractivity contribution in [1.82, 2.24) is 0 Å². The quantitative estimate of drug-likeness (QED) is 0.795. The lowest BCUT2D eigenvalue weighted by Gasteiger charge is -2.12. The van der Waals surface area contributed by atoms with Crippen molar-refractivity contribution < 1.29 is 19.0 Å². The molecular weight excluding hydrogens is 295 g/mol. The topological polar surface area (TPSA) is 42.0 Å². The highest BCUT2D eigenvalue weighted by Gasteiger charge is 2.51. The Morgan fingerprint density at radius 1 is 1.22 bits per heavy atom. The lowest BCUT2D eigenvalue weighted by Crippen LogP contribution is -2.15. The minimum absolute atomic E-state index is 0.0121. The Kier molecular flexibility index (Phi) is 4.64. The smallest absolute Gasteiger partial charge is 0.123 e. The number of aryl methyl sites for hydroxylation is 1.